The predicted molar refractivity (Wildman–Crippen MR) is 97.1 cm³/mol. The molecule has 0 aliphatic rings. The fraction of sp³-hybridized carbons (Fsp3) is 0.250. The average Bonchev–Trinajstić information content (AvgIpc) is 3.01. The van der Waals surface area contributed by atoms with Crippen molar-refractivity contribution in [1.82, 2.24) is 18.7 Å². The van der Waals surface area contributed by atoms with Gasteiger partial charge < -0.3 is 9.88 Å². The zero-order chi connectivity index (χ0) is 18.1. The molecule has 0 aliphatic heterocycles. The first kappa shape index (κ1) is 17.0. The minimum atomic E-state index is -0.482. The third-order valence-electron chi connectivity index (χ3n) is 3.88. The number of nitrogens with one attached hydrogen (secondary N) is 1. The number of nitrogens with zero attached hydrogens (tertiary/aromatic N) is 4. The SMILES string of the molecule is CSc1cccc(NC(=O)Cn2cnc3c(=O)n(C)c(=O)n(C)c32)c1. The minimum absolute atomic E-state index is 0.0551. The van der Waals surface area contributed by atoms with Gasteiger partial charge in [-0.1, -0.05) is 6.07 Å². The molecule has 0 unspecified atom stereocenters. The summed E-state index contributed by atoms with van der Waals surface area (Å²) in [5.41, 5.74) is 0.214. The van der Waals surface area contributed by atoms with Crippen LogP contribution in [0, 0.1) is 0 Å². The van der Waals surface area contributed by atoms with Gasteiger partial charge in [0.2, 0.25) is 5.91 Å². The topological polar surface area (TPSA) is 90.9 Å². The highest BCUT2D eigenvalue weighted by Crippen LogP contribution is 2.19. The molecule has 8 nitrogen and oxygen atoms in total. The summed E-state index contributed by atoms with van der Waals surface area (Å²) in [5, 5.41) is 2.81. The van der Waals surface area contributed by atoms with Gasteiger partial charge in [-0.05, 0) is 24.5 Å². The number of hydrogen-bond donors (Lipinski definition) is 1. The van der Waals surface area contributed by atoms with Crippen LogP contribution in [0.3, 0.4) is 0 Å². The number of benzene rings is 1. The van der Waals surface area contributed by atoms with Gasteiger partial charge in [0.25, 0.3) is 5.56 Å². The Morgan fingerprint density at radius 1 is 1.24 bits per heavy atom. The number of thioether (sulfide) groups is 1. The Kier molecular flexibility index (Phi) is 4.49. The Labute approximate surface area is 147 Å². The lowest BCUT2D eigenvalue weighted by molar-refractivity contribution is -0.116. The smallest absolute Gasteiger partial charge is 0.324 e. The number of carbonyl (C=O) groups excluding carboxylic acids is 1. The number of anilines is 1. The van der Waals surface area contributed by atoms with Crippen molar-refractivity contribution >= 4 is 34.5 Å². The van der Waals surface area contributed by atoms with Gasteiger partial charge in [0, 0.05) is 24.7 Å². The molecule has 1 amide bonds. The quantitative estimate of drug-likeness (QED) is 0.696. The summed E-state index contributed by atoms with van der Waals surface area (Å²) in [5.74, 6) is -0.273. The third kappa shape index (κ3) is 3.10. The summed E-state index contributed by atoms with van der Waals surface area (Å²) in [6.07, 6.45) is 3.35. The monoisotopic (exact) mass is 359 g/mol. The van der Waals surface area contributed by atoms with Gasteiger partial charge in [0.15, 0.2) is 5.52 Å². The molecule has 3 aromatic rings. The molecule has 3 rings (SSSR count). The van der Waals surface area contributed by atoms with Crippen LogP contribution in [-0.2, 0) is 25.4 Å². The van der Waals surface area contributed by atoms with Crippen LogP contribution in [0.5, 0.6) is 0 Å². The molecule has 25 heavy (non-hydrogen) atoms. The van der Waals surface area contributed by atoms with Gasteiger partial charge >= 0.3 is 5.69 Å². The van der Waals surface area contributed by atoms with E-state index in [2.05, 4.69) is 10.3 Å². The van der Waals surface area contributed by atoms with Crippen molar-refractivity contribution in [1.29, 1.82) is 0 Å². The molecule has 9 heteroatoms. The number of fused-ring (bicyclic) bond motifs is 1. The number of hydrogen-bond acceptors (Lipinski definition) is 5. The van der Waals surface area contributed by atoms with Gasteiger partial charge in [0.05, 0.1) is 6.33 Å². The first-order valence-corrected chi connectivity index (χ1v) is 8.69. The van der Waals surface area contributed by atoms with Crippen LogP contribution >= 0.6 is 11.8 Å². The van der Waals surface area contributed by atoms with Crippen LogP contribution in [0.25, 0.3) is 11.2 Å². The second-order valence-corrected chi connectivity index (χ2v) is 6.41. The fourth-order valence-corrected chi connectivity index (χ4v) is 3.07. The van der Waals surface area contributed by atoms with E-state index < -0.39 is 11.2 Å². The van der Waals surface area contributed by atoms with Crippen molar-refractivity contribution in [3.8, 4) is 0 Å². The molecule has 0 aliphatic carbocycles. The van der Waals surface area contributed by atoms with E-state index in [0.717, 1.165) is 9.46 Å². The van der Waals surface area contributed by atoms with E-state index in [0.29, 0.717) is 11.3 Å². The Balaban J connectivity index is 1.92. The molecule has 0 fully saturated rings. The van der Waals surface area contributed by atoms with E-state index in [9.17, 15) is 14.4 Å². The molecule has 2 heterocycles. The van der Waals surface area contributed by atoms with Crippen molar-refractivity contribution in [2.75, 3.05) is 11.6 Å². The molecule has 2 aromatic heterocycles. The lowest BCUT2D eigenvalue weighted by atomic mass is 10.3. The molecular weight excluding hydrogens is 342 g/mol. The largest absolute Gasteiger partial charge is 0.332 e. The fourth-order valence-electron chi connectivity index (χ4n) is 2.61. The summed E-state index contributed by atoms with van der Waals surface area (Å²) < 4.78 is 3.80. The van der Waals surface area contributed by atoms with E-state index in [4.69, 9.17) is 0 Å². The Morgan fingerprint density at radius 2 is 2.00 bits per heavy atom. The van der Waals surface area contributed by atoms with E-state index in [1.807, 2.05) is 24.5 Å². The zero-order valence-corrected chi connectivity index (χ0v) is 14.8. The van der Waals surface area contributed by atoms with Gasteiger partial charge in [-0.2, -0.15) is 0 Å². The maximum Gasteiger partial charge on any atom is 0.332 e. The van der Waals surface area contributed by atoms with Gasteiger partial charge in [-0.3, -0.25) is 18.7 Å². The second kappa shape index (κ2) is 6.60. The summed E-state index contributed by atoms with van der Waals surface area (Å²) >= 11 is 1.58. The zero-order valence-electron chi connectivity index (χ0n) is 14.0. The van der Waals surface area contributed by atoms with Gasteiger partial charge in [0.1, 0.15) is 12.2 Å². The van der Waals surface area contributed by atoms with Gasteiger partial charge in [-0.15, -0.1) is 11.8 Å². The summed E-state index contributed by atoms with van der Waals surface area (Å²) in [6, 6.07) is 7.49. The first-order chi connectivity index (χ1) is 11.9. The van der Waals surface area contributed by atoms with E-state index in [1.54, 1.807) is 24.9 Å². The number of amides is 1. The molecule has 1 aromatic carbocycles. The molecule has 130 valence electrons. The lowest BCUT2D eigenvalue weighted by Gasteiger charge is -2.10. The number of aromatic nitrogens is 4. The van der Waals surface area contributed by atoms with Crippen LogP contribution < -0.4 is 16.6 Å². The van der Waals surface area contributed by atoms with Crippen LogP contribution in [0.1, 0.15) is 0 Å². The molecule has 1 N–H and O–H groups in total. The molecule has 0 saturated carbocycles. The van der Waals surface area contributed by atoms with Crippen molar-refractivity contribution < 1.29 is 4.79 Å². The molecule has 0 atom stereocenters. The summed E-state index contributed by atoms with van der Waals surface area (Å²) in [7, 11) is 2.94. The number of carbonyl (C=O) groups is 1. The number of rotatable bonds is 4. The highest BCUT2D eigenvalue weighted by atomic mass is 32.2. The Hall–Kier alpha value is -2.81. The normalized spacial score (nSPS) is 11.0. The Bertz CT molecular complexity index is 1080. The Morgan fingerprint density at radius 3 is 2.72 bits per heavy atom. The molecule has 0 spiro atoms. The van der Waals surface area contributed by atoms with Crippen LogP contribution in [-0.4, -0.2) is 30.8 Å². The van der Waals surface area contributed by atoms with Crippen molar-refractivity contribution in [2.45, 2.75) is 11.4 Å². The number of imidazole rings is 1. The molecular formula is C16H17N5O3S. The van der Waals surface area contributed by atoms with Crippen LogP contribution in [0.15, 0.2) is 45.1 Å². The van der Waals surface area contributed by atoms with E-state index in [1.165, 1.54) is 22.5 Å². The van der Waals surface area contributed by atoms with Gasteiger partial charge in [-0.25, -0.2) is 9.78 Å². The summed E-state index contributed by atoms with van der Waals surface area (Å²) in [6.45, 7) is -0.0551. The maximum absolute atomic E-state index is 12.3. The molecule has 0 radical (unpaired) electrons. The average molecular weight is 359 g/mol. The van der Waals surface area contributed by atoms with Crippen molar-refractivity contribution in [3.63, 3.8) is 0 Å². The number of aryl methyl sites for hydroxylation is 1. The van der Waals surface area contributed by atoms with Crippen molar-refractivity contribution in [2.24, 2.45) is 14.1 Å². The highest BCUT2D eigenvalue weighted by Gasteiger charge is 2.15. The van der Waals surface area contributed by atoms with Crippen LogP contribution in [0.4, 0.5) is 5.69 Å². The van der Waals surface area contributed by atoms with Crippen LogP contribution in [0.2, 0.25) is 0 Å². The summed E-state index contributed by atoms with van der Waals surface area (Å²) in [4.78, 5) is 41.6. The lowest BCUT2D eigenvalue weighted by Crippen LogP contribution is -2.37. The van der Waals surface area contributed by atoms with E-state index >= 15 is 0 Å². The second-order valence-electron chi connectivity index (χ2n) is 5.53. The van der Waals surface area contributed by atoms with Crippen molar-refractivity contribution in [3.05, 3.63) is 51.4 Å². The maximum atomic E-state index is 12.3. The minimum Gasteiger partial charge on any atom is -0.324 e. The molecule has 0 bridgehead atoms. The standard InChI is InChI=1S/C16H17N5O3S/c1-19-14-13(15(23)20(2)16(19)24)17-9-21(14)8-12(22)18-10-5-4-6-11(7-10)25-3/h4-7,9H,8H2,1-3H3,(H,18,22). The highest BCUT2D eigenvalue weighted by molar-refractivity contribution is 7.98. The van der Waals surface area contributed by atoms with E-state index in [-0.39, 0.29) is 18.0 Å². The first-order valence-electron chi connectivity index (χ1n) is 7.47. The third-order valence-corrected chi connectivity index (χ3v) is 4.60. The predicted octanol–water partition coefficient (Wildman–Crippen LogP) is 0.794. The molecule has 0 saturated heterocycles.